The smallest absolute Gasteiger partial charge is 0.0912 e. The van der Waals surface area contributed by atoms with Gasteiger partial charge in [0.15, 0.2) is 0 Å². The maximum absolute atomic E-state index is 5.04. The minimum Gasteiger partial charge on any atom is -0.304 e. The van der Waals surface area contributed by atoms with Gasteiger partial charge < -0.3 is 4.84 Å². The molecule has 2 rings (SSSR count). The van der Waals surface area contributed by atoms with Crippen LogP contribution in [0.15, 0.2) is 6.20 Å². The highest BCUT2D eigenvalue weighted by molar-refractivity contribution is 5.21. The summed E-state index contributed by atoms with van der Waals surface area (Å²) in [6.45, 7) is 0.547. The lowest BCUT2D eigenvalue weighted by Crippen LogP contribution is -2.18. The Morgan fingerprint density at radius 3 is 2.92 bits per heavy atom. The summed E-state index contributed by atoms with van der Waals surface area (Å²) >= 11 is 0. The van der Waals surface area contributed by atoms with Crippen LogP contribution >= 0.6 is 0 Å². The van der Waals surface area contributed by atoms with E-state index in [1.165, 1.54) is 0 Å². The Kier molecular flexibility index (Phi) is 1.62. The maximum atomic E-state index is 5.04. The SMILES string of the molecule is Cn1cc(C2(CON)CC2)nn1. The molecule has 1 aliphatic rings. The van der Waals surface area contributed by atoms with Gasteiger partial charge in [-0.2, -0.15) is 0 Å². The van der Waals surface area contributed by atoms with Crippen LogP contribution in [0.5, 0.6) is 0 Å². The quantitative estimate of drug-likeness (QED) is 0.631. The second kappa shape index (κ2) is 2.53. The highest BCUT2D eigenvalue weighted by atomic mass is 16.6. The lowest BCUT2D eigenvalue weighted by molar-refractivity contribution is 0.115. The average Bonchev–Trinajstić information content (AvgIpc) is 2.69. The minimum atomic E-state index is 0.0724. The van der Waals surface area contributed by atoms with E-state index in [9.17, 15) is 0 Å². The first-order chi connectivity index (χ1) is 5.77. The lowest BCUT2D eigenvalue weighted by Gasteiger charge is -2.07. The van der Waals surface area contributed by atoms with Gasteiger partial charge in [0.1, 0.15) is 0 Å². The second-order valence-electron chi connectivity index (χ2n) is 3.37. The lowest BCUT2D eigenvalue weighted by atomic mass is 10.1. The van der Waals surface area contributed by atoms with E-state index in [1.54, 1.807) is 4.68 Å². The monoisotopic (exact) mass is 168 g/mol. The van der Waals surface area contributed by atoms with Crippen molar-refractivity contribution in [3.8, 4) is 0 Å². The summed E-state index contributed by atoms with van der Waals surface area (Å²) < 4.78 is 1.70. The van der Waals surface area contributed by atoms with Crippen LogP contribution in [0.2, 0.25) is 0 Å². The third kappa shape index (κ3) is 1.11. The van der Waals surface area contributed by atoms with Crippen molar-refractivity contribution >= 4 is 0 Å². The van der Waals surface area contributed by atoms with Gasteiger partial charge in [0.25, 0.3) is 0 Å². The van der Waals surface area contributed by atoms with Crippen molar-refractivity contribution in [3.05, 3.63) is 11.9 Å². The predicted octanol–water partition coefficient (Wildman–Crippen LogP) is -0.263. The summed E-state index contributed by atoms with van der Waals surface area (Å²) in [5.41, 5.74) is 1.07. The number of nitrogens with two attached hydrogens (primary N) is 1. The van der Waals surface area contributed by atoms with Crippen LogP contribution < -0.4 is 5.90 Å². The molecule has 1 aromatic rings. The fourth-order valence-electron chi connectivity index (χ4n) is 1.38. The van der Waals surface area contributed by atoms with Crippen LogP contribution in [0.25, 0.3) is 0 Å². The van der Waals surface area contributed by atoms with E-state index in [0.717, 1.165) is 18.5 Å². The number of nitrogens with zero attached hydrogens (tertiary/aromatic N) is 3. The van der Waals surface area contributed by atoms with Crippen molar-refractivity contribution in [2.75, 3.05) is 6.61 Å². The van der Waals surface area contributed by atoms with E-state index in [4.69, 9.17) is 5.90 Å². The summed E-state index contributed by atoms with van der Waals surface area (Å²) in [5.74, 6) is 5.04. The molecule has 0 bridgehead atoms. The molecule has 1 aromatic heterocycles. The first kappa shape index (κ1) is 7.70. The maximum Gasteiger partial charge on any atom is 0.0912 e. The van der Waals surface area contributed by atoms with E-state index in [-0.39, 0.29) is 5.41 Å². The highest BCUT2D eigenvalue weighted by Gasteiger charge is 2.47. The Morgan fingerprint density at radius 2 is 2.50 bits per heavy atom. The van der Waals surface area contributed by atoms with Crippen LogP contribution in [0.1, 0.15) is 18.5 Å². The van der Waals surface area contributed by atoms with Crippen LogP contribution in [-0.2, 0) is 17.3 Å². The minimum absolute atomic E-state index is 0.0724. The van der Waals surface area contributed by atoms with Crippen molar-refractivity contribution in [1.29, 1.82) is 0 Å². The van der Waals surface area contributed by atoms with Gasteiger partial charge in [-0.1, -0.05) is 5.21 Å². The predicted molar refractivity (Wildman–Crippen MR) is 42.1 cm³/mol. The third-order valence-corrected chi connectivity index (χ3v) is 2.36. The number of hydrogen-bond acceptors (Lipinski definition) is 4. The van der Waals surface area contributed by atoms with E-state index in [2.05, 4.69) is 15.1 Å². The van der Waals surface area contributed by atoms with Crippen LogP contribution in [-0.4, -0.2) is 21.6 Å². The molecular formula is C7H12N4O. The van der Waals surface area contributed by atoms with Gasteiger partial charge in [-0.25, -0.2) is 5.90 Å². The molecule has 2 N–H and O–H groups in total. The molecule has 0 unspecified atom stereocenters. The van der Waals surface area contributed by atoms with Crippen LogP contribution in [0, 0.1) is 0 Å². The Hall–Kier alpha value is -0.940. The van der Waals surface area contributed by atoms with Gasteiger partial charge in [-0.3, -0.25) is 4.68 Å². The zero-order valence-corrected chi connectivity index (χ0v) is 7.03. The molecule has 0 aromatic carbocycles. The zero-order valence-electron chi connectivity index (χ0n) is 7.03. The number of hydrogen-bond donors (Lipinski definition) is 1. The number of rotatable bonds is 3. The summed E-state index contributed by atoms with van der Waals surface area (Å²) in [4.78, 5) is 4.66. The van der Waals surface area contributed by atoms with Crippen LogP contribution in [0.3, 0.4) is 0 Å². The summed E-state index contributed by atoms with van der Waals surface area (Å²) in [6, 6.07) is 0. The Balaban J connectivity index is 2.18. The van der Waals surface area contributed by atoms with Gasteiger partial charge >= 0.3 is 0 Å². The Morgan fingerprint density at radius 1 is 1.75 bits per heavy atom. The summed E-state index contributed by atoms with van der Waals surface area (Å²) in [7, 11) is 1.86. The molecule has 0 radical (unpaired) electrons. The molecule has 1 heterocycles. The van der Waals surface area contributed by atoms with Gasteiger partial charge in [0.05, 0.1) is 12.3 Å². The molecule has 1 saturated carbocycles. The molecule has 0 atom stereocenters. The van der Waals surface area contributed by atoms with E-state index >= 15 is 0 Å². The number of aryl methyl sites for hydroxylation is 1. The van der Waals surface area contributed by atoms with Gasteiger partial charge in [-0.15, -0.1) is 5.10 Å². The van der Waals surface area contributed by atoms with Gasteiger partial charge in [0.2, 0.25) is 0 Å². The normalized spacial score (nSPS) is 19.5. The van der Waals surface area contributed by atoms with Crippen molar-refractivity contribution in [3.63, 3.8) is 0 Å². The fraction of sp³-hybridized carbons (Fsp3) is 0.714. The largest absolute Gasteiger partial charge is 0.304 e. The molecule has 1 fully saturated rings. The van der Waals surface area contributed by atoms with E-state index in [0.29, 0.717) is 6.61 Å². The second-order valence-corrected chi connectivity index (χ2v) is 3.37. The molecule has 5 nitrogen and oxygen atoms in total. The van der Waals surface area contributed by atoms with Crippen molar-refractivity contribution < 1.29 is 4.84 Å². The molecule has 0 aliphatic heterocycles. The van der Waals surface area contributed by atoms with Crippen LogP contribution in [0.4, 0.5) is 0 Å². The molecular weight excluding hydrogens is 156 g/mol. The first-order valence-electron chi connectivity index (χ1n) is 3.95. The van der Waals surface area contributed by atoms with E-state index < -0.39 is 0 Å². The molecule has 1 aliphatic carbocycles. The highest BCUT2D eigenvalue weighted by Crippen LogP contribution is 2.46. The van der Waals surface area contributed by atoms with Crippen molar-refractivity contribution in [2.24, 2.45) is 12.9 Å². The zero-order chi connectivity index (χ0) is 8.60. The number of aromatic nitrogens is 3. The van der Waals surface area contributed by atoms with Crippen molar-refractivity contribution in [2.45, 2.75) is 18.3 Å². The summed E-state index contributed by atoms with van der Waals surface area (Å²) in [5, 5.41) is 7.92. The van der Waals surface area contributed by atoms with E-state index in [1.807, 2.05) is 13.2 Å². The van der Waals surface area contributed by atoms with Gasteiger partial charge in [0, 0.05) is 18.7 Å². The van der Waals surface area contributed by atoms with Crippen molar-refractivity contribution in [1.82, 2.24) is 15.0 Å². The molecule has 0 amide bonds. The first-order valence-corrected chi connectivity index (χ1v) is 3.95. The Labute approximate surface area is 70.5 Å². The average molecular weight is 168 g/mol. The molecule has 12 heavy (non-hydrogen) atoms. The summed E-state index contributed by atoms with van der Waals surface area (Å²) in [6.07, 6.45) is 4.12. The van der Waals surface area contributed by atoms with Gasteiger partial charge in [-0.05, 0) is 12.8 Å². The standard InChI is InChI=1S/C7H12N4O/c1-11-4-6(9-10-11)7(2-3-7)5-12-8/h4H,2-3,5,8H2,1H3. The third-order valence-electron chi connectivity index (χ3n) is 2.36. The topological polar surface area (TPSA) is 66.0 Å². The molecule has 0 spiro atoms. The Bertz CT molecular complexity index is 279. The fourth-order valence-corrected chi connectivity index (χ4v) is 1.38. The molecule has 0 saturated heterocycles. The molecule has 66 valence electrons. The molecule has 5 heteroatoms.